The van der Waals surface area contributed by atoms with Crippen molar-refractivity contribution in [3.63, 3.8) is 0 Å². The Bertz CT molecular complexity index is 1670. The second-order valence-electron chi connectivity index (χ2n) is 15.8. The van der Waals surface area contributed by atoms with Gasteiger partial charge in [-0.2, -0.15) is 0 Å². The average Bonchev–Trinajstić information content (AvgIpc) is 3.17. The molecule has 2 N–H and O–H groups in total. The maximum Gasteiger partial charge on any atom is 0.147 e. The van der Waals surface area contributed by atoms with Crippen LogP contribution < -0.4 is 9.80 Å². The molecule has 2 atom stereocenters. The minimum absolute atomic E-state index is 0.245. The summed E-state index contributed by atoms with van der Waals surface area (Å²) in [5, 5.41) is 24.4. The number of aliphatic hydroxyl groups is 2. The van der Waals surface area contributed by atoms with Crippen molar-refractivity contribution in [1.29, 1.82) is 0 Å². The van der Waals surface area contributed by atoms with Crippen LogP contribution in [0.15, 0.2) is 97.1 Å². The smallest absolute Gasteiger partial charge is 0.147 e. The first kappa shape index (κ1) is 40.2. The van der Waals surface area contributed by atoms with E-state index in [0.29, 0.717) is 48.6 Å². The second kappa shape index (κ2) is 17.6. The van der Waals surface area contributed by atoms with Crippen molar-refractivity contribution >= 4 is 40.4 Å². The highest BCUT2D eigenvalue weighted by Crippen LogP contribution is 2.38. The Hall–Kier alpha value is -3.43. The third-order valence-corrected chi connectivity index (χ3v) is 12.4. The van der Waals surface area contributed by atoms with Crippen molar-refractivity contribution in [1.82, 2.24) is 9.80 Å². The predicted molar refractivity (Wildman–Crippen MR) is 223 cm³/mol. The Morgan fingerprint density at radius 3 is 1.19 bits per heavy atom. The molecule has 0 spiro atoms. The van der Waals surface area contributed by atoms with Gasteiger partial charge in [-0.05, 0) is 122 Å². The maximum atomic E-state index is 15.1. The van der Waals surface area contributed by atoms with Crippen molar-refractivity contribution in [2.45, 2.75) is 61.6 Å². The Labute approximate surface area is 332 Å². The lowest BCUT2D eigenvalue weighted by Gasteiger charge is -2.39. The number of piperidine rings is 2. The molecule has 0 amide bonds. The molecule has 2 heterocycles. The van der Waals surface area contributed by atoms with Crippen LogP contribution in [0.5, 0.6) is 0 Å². The molecular formula is C45H56Cl2N4O3. The number of halogens is 2. The van der Waals surface area contributed by atoms with Crippen LogP contribution in [0.25, 0.3) is 0 Å². The SMILES string of the molecule is CN(C)c1ccc(C(CCN2CCC(O)(c3ccc(Cl)cc3)CC2)C(=O)C(CCN2CCC(O)(c3ccc(Cl)cc3)CC2)c2ccc(N(C)C)cc2)cc1. The van der Waals surface area contributed by atoms with Crippen LogP contribution in [0, 0.1) is 0 Å². The van der Waals surface area contributed by atoms with E-state index < -0.39 is 11.2 Å². The summed E-state index contributed by atoms with van der Waals surface area (Å²) in [6, 6.07) is 32.0. The lowest BCUT2D eigenvalue weighted by Crippen LogP contribution is -2.43. The molecule has 0 aromatic heterocycles. The number of anilines is 2. The summed E-state index contributed by atoms with van der Waals surface area (Å²) in [5.41, 5.74) is 4.35. The molecule has 2 saturated heterocycles. The van der Waals surface area contributed by atoms with Gasteiger partial charge < -0.3 is 29.8 Å². The molecule has 4 aromatic carbocycles. The van der Waals surface area contributed by atoms with E-state index >= 15 is 4.79 Å². The third-order valence-electron chi connectivity index (χ3n) is 11.9. The minimum atomic E-state index is -0.874. The lowest BCUT2D eigenvalue weighted by molar-refractivity contribution is -0.122. The molecule has 7 nitrogen and oxygen atoms in total. The molecule has 2 unspecified atom stereocenters. The standard InChI is InChI=1S/C45H56Cl2N4O3/c1-48(2)39-17-5-33(6-18-39)41(21-27-50-29-23-44(53,24-30-50)35-9-13-37(46)14-10-35)43(52)42(34-7-19-40(20-8-34)49(3)4)22-28-51-31-25-45(54,26-32-51)36-11-15-38(47)16-12-36/h5-20,41-42,53-54H,21-32H2,1-4H3. The van der Waals surface area contributed by atoms with Crippen molar-refractivity contribution in [3.05, 3.63) is 129 Å². The van der Waals surface area contributed by atoms with Gasteiger partial charge in [0.2, 0.25) is 0 Å². The van der Waals surface area contributed by atoms with Crippen molar-refractivity contribution in [3.8, 4) is 0 Å². The minimum Gasteiger partial charge on any atom is -0.385 e. The third kappa shape index (κ3) is 9.68. The quantitative estimate of drug-likeness (QED) is 0.134. The molecule has 6 rings (SSSR count). The lowest BCUT2D eigenvalue weighted by atomic mass is 9.79. The number of carbonyl (C=O) groups is 1. The van der Waals surface area contributed by atoms with Crippen LogP contribution in [0.4, 0.5) is 11.4 Å². The monoisotopic (exact) mass is 770 g/mol. The van der Waals surface area contributed by atoms with Crippen molar-refractivity contribution in [2.24, 2.45) is 0 Å². The highest BCUT2D eigenvalue weighted by Gasteiger charge is 2.37. The maximum absolute atomic E-state index is 15.1. The number of likely N-dealkylation sites (tertiary alicyclic amines) is 2. The molecule has 288 valence electrons. The number of carbonyl (C=O) groups excluding carboxylic acids is 1. The van der Waals surface area contributed by atoms with E-state index in [0.717, 1.165) is 72.9 Å². The van der Waals surface area contributed by atoms with Crippen LogP contribution in [0.2, 0.25) is 10.0 Å². The van der Waals surface area contributed by atoms with Crippen LogP contribution >= 0.6 is 23.2 Å². The fraction of sp³-hybridized carbons (Fsp3) is 0.444. The number of hydrogen-bond donors (Lipinski definition) is 2. The highest BCUT2D eigenvalue weighted by atomic mass is 35.5. The van der Waals surface area contributed by atoms with Gasteiger partial charge in [-0.15, -0.1) is 0 Å². The molecule has 0 saturated carbocycles. The van der Waals surface area contributed by atoms with E-state index in [2.05, 4.69) is 68.1 Å². The van der Waals surface area contributed by atoms with E-state index in [-0.39, 0.29) is 17.6 Å². The fourth-order valence-corrected chi connectivity index (χ4v) is 8.46. The largest absolute Gasteiger partial charge is 0.385 e. The van der Waals surface area contributed by atoms with E-state index in [1.807, 2.05) is 76.7 Å². The van der Waals surface area contributed by atoms with E-state index in [1.165, 1.54) is 0 Å². The van der Waals surface area contributed by atoms with Crippen molar-refractivity contribution in [2.75, 3.05) is 77.3 Å². The summed E-state index contributed by atoms with van der Waals surface area (Å²) in [7, 11) is 8.13. The molecule has 4 aromatic rings. The molecule has 2 fully saturated rings. The van der Waals surface area contributed by atoms with E-state index in [1.54, 1.807) is 0 Å². The zero-order valence-electron chi connectivity index (χ0n) is 32.2. The summed E-state index contributed by atoms with van der Waals surface area (Å²) < 4.78 is 0. The van der Waals surface area contributed by atoms with Gasteiger partial charge >= 0.3 is 0 Å². The van der Waals surface area contributed by atoms with E-state index in [4.69, 9.17) is 23.2 Å². The van der Waals surface area contributed by atoms with Gasteiger partial charge in [0.15, 0.2) is 0 Å². The normalized spacial score (nSPS) is 18.5. The number of rotatable bonds is 14. The first-order chi connectivity index (χ1) is 25.8. The summed E-state index contributed by atoms with van der Waals surface area (Å²) in [6.07, 6.45) is 3.93. The fourth-order valence-electron chi connectivity index (χ4n) is 8.21. The van der Waals surface area contributed by atoms with Crippen molar-refractivity contribution < 1.29 is 15.0 Å². The highest BCUT2D eigenvalue weighted by molar-refractivity contribution is 6.30. The van der Waals surface area contributed by atoms with E-state index in [9.17, 15) is 10.2 Å². The number of nitrogens with zero attached hydrogens (tertiary/aromatic N) is 4. The first-order valence-electron chi connectivity index (χ1n) is 19.3. The Balaban J connectivity index is 1.19. The van der Waals surface area contributed by atoms with Gasteiger partial charge in [0.25, 0.3) is 0 Å². The van der Waals surface area contributed by atoms with Gasteiger partial charge in [0, 0.05) is 87.6 Å². The Morgan fingerprint density at radius 2 is 0.889 bits per heavy atom. The number of benzene rings is 4. The van der Waals surface area contributed by atoms with Gasteiger partial charge in [0.05, 0.1) is 11.2 Å². The molecule has 2 aliphatic rings. The molecular weight excluding hydrogens is 715 g/mol. The molecule has 0 radical (unpaired) electrons. The number of ketones is 1. The van der Waals surface area contributed by atoms with Crippen LogP contribution in [-0.4, -0.2) is 93.3 Å². The Kier molecular flexibility index (Phi) is 13.1. The number of hydrogen-bond acceptors (Lipinski definition) is 7. The number of Topliss-reactive ketones (excluding diaryl/α,β-unsaturated/α-hetero) is 1. The van der Waals surface area contributed by atoms with Crippen LogP contribution in [0.3, 0.4) is 0 Å². The topological polar surface area (TPSA) is 70.5 Å². The van der Waals surface area contributed by atoms with Gasteiger partial charge in [-0.3, -0.25) is 4.79 Å². The van der Waals surface area contributed by atoms with Gasteiger partial charge in [-0.25, -0.2) is 0 Å². The first-order valence-corrected chi connectivity index (χ1v) is 20.1. The van der Waals surface area contributed by atoms with Crippen LogP contribution in [0.1, 0.15) is 72.6 Å². The molecule has 9 heteroatoms. The predicted octanol–water partition coefficient (Wildman–Crippen LogP) is 8.31. The zero-order chi connectivity index (χ0) is 38.5. The summed E-state index contributed by atoms with van der Waals surface area (Å²) >= 11 is 12.3. The summed E-state index contributed by atoms with van der Waals surface area (Å²) in [5.74, 6) is -0.323. The summed E-state index contributed by atoms with van der Waals surface area (Å²) in [4.78, 5) is 24.1. The average molecular weight is 772 g/mol. The Morgan fingerprint density at radius 1 is 0.574 bits per heavy atom. The summed E-state index contributed by atoms with van der Waals surface area (Å²) in [6.45, 7) is 4.56. The van der Waals surface area contributed by atoms with Gasteiger partial charge in [0.1, 0.15) is 5.78 Å². The zero-order valence-corrected chi connectivity index (χ0v) is 33.7. The molecule has 0 bridgehead atoms. The second-order valence-corrected chi connectivity index (χ2v) is 16.7. The van der Waals surface area contributed by atoms with Gasteiger partial charge in [-0.1, -0.05) is 71.7 Å². The molecule has 54 heavy (non-hydrogen) atoms. The molecule has 2 aliphatic heterocycles. The molecule has 0 aliphatic carbocycles. The van der Waals surface area contributed by atoms with Crippen LogP contribution in [-0.2, 0) is 16.0 Å².